The monoisotopic (exact) mass is 322 g/mol. The molecule has 1 aromatic heterocycles. The molecule has 23 heavy (non-hydrogen) atoms. The van der Waals surface area contributed by atoms with Gasteiger partial charge in [-0.25, -0.2) is 0 Å². The van der Waals surface area contributed by atoms with Crippen LogP contribution in [-0.2, 0) is 9.53 Å². The largest absolute Gasteiger partial charge is 0.466 e. The summed E-state index contributed by atoms with van der Waals surface area (Å²) in [6.45, 7) is 5.39. The van der Waals surface area contributed by atoms with Crippen LogP contribution < -0.4 is 5.32 Å². The summed E-state index contributed by atoms with van der Waals surface area (Å²) in [5.74, 6) is 1.13. The Balaban J connectivity index is 2.04. The molecule has 1 saturated heterocycles. The van der Waals surface area contributed by atoms with Crippen LogP contribution in [0.1, 0.15) is 47.6 Å². The van der Waals surface area contributed by atoms with Gasteiger partial charge in [0.2, 0.25) is 5.91 Å². The normalized spacial score (nSPS) is 18.0. The lowest BCUT2D eigenvalue weighted by molar-refractivity contribution is -0.126. The first-order chi connectivity index (χ1) is 11.0. The van der Waals surface area contributed by atoms with Crippen LogP contribution in [0, 0.1) is 13.8 Å². The van der Waals surface area contributed by atoms with Gasteiger partial charge in [0.25, 0.3) is 5.91 Å². The van der Waals surface area contributed by atoms with Crippen LogP contribution >= 0.6 is 0 Å². The number of likely N-dealkylation sites (tertiary alicyclic amines) is 1. The molecule has 2 amide bonds. The number of rotatable bonds is 6. The van der Waals surface area contributed by atoms with E-state index in [0.29, 0.717) is 43.2 Å². The summed E-state index contributed by atoms with van der Waals surface area (Å²) in [7, 11) is 1.64. The number of aryl methyl sites for hydroxylation is 2. The maximum absolute atomic E-state index is 12.8. The maximum atomic E-state index is 12.8. The summed E-state index contributed by atoms with van der Waals surface area (Å²) in [6.07, 6.45) is 3.36. The van der Waals surface area contributed by atoms with E-state index in [4.69, 9.17) is 9.15 Å². The predicted molar refractivity (Wildman–Crippen MR) is 86.4 cm³/mol. The Morgan fingerprint density at radius 2 is 2.17 bits per heavy atom. The highest BCUT2D eigenvalue weighted by Gasteiger charge is 2.33. The van der Waals surface area contributed by atoms with Crippen LogP contribution in [0.3, 0.4) is 0 Å². The van der Waals surface area contributed by atoms with Gasteiger partial charge in [0.15, 0.2) is 0 Å². The molecule has 0 unspecified atom stereocenters. The third kappa shape index (κ3) is 4.34. The topological polar surface area (TPSA) is 71.8 Å². The minimum absolute atomic E-state index is 0.0768. The number of ether oxygens (including phenoxy) is 1. The molecule has 2 rings (SSSR count). The van der Waals surface area contributed by atoms with Crippen LogP contribution in [0.2, 0.25) is 0 Å². The molecule has 0 aromatic carbocycles. The van der Waals surface area contributed by atoms with Crippen LogP contribution in [-0.4, -0.2) is 49.6 Å². The molecule has 1 atom stereocenters. The van der Waals surface area contributed by atoms with E-state index in [-0.39, 0.29) is 11.8 Å². The van der Waals surface area contributed by atoms with Crippen molar-refractivity contribution in [2.24, 2.45) is 0 Å². The van der Waals surface area contributed by atoms with E-state index < -0.39 is 6.04 Å². The fourth-order valence-electron chi connectivity index (χ4n) is 2.99. The Morgan fingerprint density at radius 1 is 1.39 bits per heavy atom. The molecule has 1 aromatic rings. The highest BCUT2D eigenvalue weighted by atomic mass is 16.5. The van der Waals surface area contributed by atoms with Gasteiger partial charge >= 0.3 is 0 Å². The van der Waals surface area contributed by atoms with Crippen molar-refractivity contribution in [3.05, 3.63) is 23.2 Å². The molecular formula is C17H26N2O4. The predicted octanol–water partition coefficient (Wildman–Crippen LogP) is 2.04. The zero-order chi connectivity index (χ0) is 16.8. The molecule has 0 bridgehead atoms. The third-order valence-electron chi connectivity index (χ3n) is 4.16. The van der Waals surface area contributed by atoms with E-state index in [0.717, 1.165) is 19.3 Å². The molecule has 0 radical (unpaired) electrons. The highest BCUT2D eigenvalue weighted by molar-refractivity contribution is 5.98. The third-order valence-corrected chi connectivity index (χ3v) is 4.16. The quantitative estimate of drug-likeness (QED) is 0.814. The average molecular weight is 322 g/mol. The lowest BCUT2D eigenvalue weighted by Gasteiger charge is -2.34. The number of amides is 2. The van der Waals surface area contributed by atoms with Gasteiger partial charge in [0, 0.05) is 26.8 Å². The van der Waals surface area contributed by atoms with Gasteiger partial charge < -0.3 is 19.4 Å². The first-order valence-corrected chi connectivity index (χ1v) is 8.19. The summed E-state index contributed by atoms with van der Waals surface area (Å²) in [6, 6.07) is 1.35. The number of nitrogens with one attached hydrogen (secondary N) is 1. The van der Waals surface area contributed by atoms with Gasteiger partial charge in [-0.05, 0) is 45.6 Å². The van der Waals surface area contributed by atoms with E-state index in [1.54, 1.807) is 25.0 Å². The van der Waals surface area contributed by atoms with Crippen molar-refractivity contribution in [3.8, 4) is 0 Å². The first kappa shape index (κ1) is 17.5. The van der Waals surface area contributed by atoms with Crippen LogP contribution in [0.15, 0.2) is 10.5 Å². The summed E-state index contributed by atoms with van der Waals surface area (Å²) in [5, 5.41) is 2.91. The minimum Gasteiger partial charge on any atom is -0.466 e. The molecule has 1 aliphatic rings. The van der Waals surface area contributed by atoms with Crippen LogP contribution in [0.5, 0.6) is 0 Å². The SMILES string of the molecule is COCCCNC(=O)[C@H]1CCCCN1C(=O)c1cc(C)oc1C. The number of furan rings is 1. The van der Waals surface area contributed by atoms with E-state index >= 15 is 0 Å². The molecule has 0 aliphatic carbocycles. The van der Waals surface area contributed by atoms with Crippen LogP contribution in [0.4, 0.5) is 0 Å². The van der Waals surface area contributed by atoms with Crippen molar-refractivity contribution in [2.45, 2.75) is 45.6 Å². The molecule has 6 nitrogen and oxygen atoms in total. The Labute approximate surface area is 137 Å². The number of hydrogen-bond donors (Lipinski definition) is 1. The van der Waals surface area contributed by atoms with E-state index in [9.17, 15) is 9.59 Å². The van der Waals surface area contributed by atoms with Gasteiger partial charge in [0.05, 0.1) is 5.56 Å². The number of carbonyl (C=O) groups excluding carboxylic acids is 2. The molecule has 1 aliphatic heterocycles. The Kier molecular flexibility index (Phi) is 6.21. The standard InChI is InChI=1S/C17H26N2O4/c1-12-11-14(13(2)23-12)17(21)19-9-5-4-7-15(19)16(20)18-8-6-10-22-3/h11,15H,4-10H2,1-3H3,(H,18,20)/t15-/m1/s1. The average Bonchev–Trinajstić information content (AvgIpc) is 2.89. The molecule has 6 heteroatoms. The summed E-state index contributed by atoms with van der Waals surface area (Å²) < 4.78 is 10.4. The number of piperidine rings is 1. The Bertz CT molecular complexity index is 553. The Morgan fingerprint density at radius 3 is 2.83 bits per heavy atom. The van der Waals surface area contributed by atoms with Gasteiger partial charge in [-0.15, -0.1) is 0 Å². The van der Waals surface area contributed by atoms with Gasteiger partial charge in [-0.3, -0.25) is 9.59 Å². The number of carbonyl (C=O) groups is 2. The molecule has 1 N–H and O–H groups in total. The second kappa shape index (κ2) is 8.15. The fraction of sp³-hybridized carbons (Fsp3) is 0.647. The van der Waals surface area contributed by atoms with Crippen molar-refractivity contribution in [1.29, 1.82) is 0 Å². The zero-order valence-electron chi connectivity index (χ0n) is 14.2. The number of methoxy groups -OCH3 is 1. The molecule has 0 saturated carbocycles. The molecular weight excluding hydrogens is 296 g/mol. The zero-order valence-corrected chi connectivity index (χ0v) is 14.2. The lowest BCUT2D eigenvalue weighted by Crippen LogP contribution is -2.52. The molecule has 2 heterocycles. The van der Waals surface area contributed by atoms with Crippen molar-refractivity contribution in [1.82, 2.24) is 10.2 Å². The number of nitrogens with zero attached hydrogens (tertiary/aromatic N) is 1. The summed E-state index contributed by atoms with van der Waals surface area (Å²) >= 11 is 0. The van der Waals surface area contributed by atoms with Crippen molar-refractivity contribution >= 4 is 11.8 Å². The van der Waals surface area contributed by atoms with E-state index in [1.807, 2.05) is 6.92 Å². The second-order valence-electron chi connectivity index (χ2n) is 5.97. The summed E-state index contributed by atoms with van der Waals surface area (Å²) in [4.78, 5) is 26.9. The fourth-order valence-corrected chi connectivity index (χ4v) is 2.99. The molecule has 128 valence electrons. The first-order valence-electron chi connectivity index (χ1n) is 8.19. The minimum atomic E-state index is -0.395. The van der Waals surface area contributed by atoms with Crippen molar-refractivity contribution in [2.75, 3.05) is 26.8 Å². The summed E-state index contributed by atoms with van der Waals surface area (Å²) in [5.41, 5.74) is 0.557. The molecule has 0 spiro atoms. The lowest BCUT2D eigenvalue weighted by atomic mass is 10.00. The molecule has 1 fully saturated rings. The van der Waals surface area contributed by atoms with Gasteiger partial charge in [-0.1, -0.05) is 0 Å². The smallest absolute Gasteiger partial charge is 0.258 e. The Hall–Kier alpha value is -1.82. The van der Waals surface area contributed by atoms with Crippen molar-refractivity contribution in [3.63, 3.8) is 0 Å². The van der Waals surface area contributed by atoms with E-state index in [2.05, 4.69) is 5.32 Å². The maximum Gasteiger partial charge on any atom is 0.258 e. The van der Waals surface area contributed by atoms with Crippen molar-refractivity contribution < 1.29 is 18.7 Å². The van der Waals surface area contributed by atoms with Gasteiger partial charge in [0.1, 0.15) is 17.6 Å². The number of hydrogen-bond acceptors (Lipinski definition) is 4. The van der Waals surface area contributed by atoms with Crippen LogP contribution in [0.25, 0.3) is 0 Å². The highest BCUT2D eigenvalue weighted by Crippen LogP contribution is 2.23. The van der Waals surface area contributed by atoms with Gasteiger partial charge in [-0.2, -0.15) is 0 Å². The van der Waals surface area contributed by atoms with E-state index in [1.165, 1.54) is 0 Å². The second-order valence-corrected chi connectivity index (χ2v) is 5.97.